The van der Waals surface area contributed by atoms with Crippen LogP contribution in [0.25, 0.3) is 10.9 Å². The molecule has 4 unspecified atom stereocenters. The highest BCUT2D eigenvalue weighted by atomic mass is 32.1. The third-order valence-electron chi connectivity index (χ3n) is 6.07. The SMILES string of the molecule is NC(CO)C(=O)NC(Cc1c[nH]c2ccccc12)C(=O)NC(Cc1ccc(O)cc1)C(=O)NC(CS)C(=O)O. The molecule has 208 valence electrons. The van der Waals surface area contributed by atoms with Gasteiger partial charge in [-0.25, -0.2) is 4.79 Å². The Kier molecular flexibility index (Phi) is 10.3. The molecule has 3 amide bonds. The molecule has 0 fully saturated rings. The minimum Gasteiger partial charge on any atom is -0.508 e. The number of thiol groups is 1. The monoisotopic (exact) mass is 557 g/mol. The summed E-state index contributed by atoms with van der Waals surface area (Å²) in [5.74, 6) is -3.74. The molecule has 0 saturated carbocycles. The van der Waals surface area contributed by atoms with Gasteiger partial charge in [-0.2, -0.15) is 12.6 Å². The number of carboxylic acids is 1. The van der Waals surface area contributed by atoms with E-state index in [2.05, 4.69) is 33.6 Å². The maximum atomic E-state index is 13.5. The van der Waals surface area contributed by atoms with Gasteiger partial charge in [-0.3, -0.25) is 14.4 Å². The van der Waals surface area contributed by atoms with Crippen LogP contribution in [0.4, 0.5) is 0 Å². The van der Waals surface area contributed by atoms with Gasteiger partial charge < -0.3 is 42.0 Å². The molecular weight excluding hydrogens is 526 g/mol. The third-order valence-corrected chi connectivity index (χ3v) is 6.44. The first kappa shape index (κ1) is 29.5. The van der Waals surface area contributed by atoms with Crippen LogP contribution in [0.1, 0.15) is 11.1 Å². The van der Waals surface area contributed by atoms with E-state index in [1.54, 1.807) is 18.3 Å². The largest absolute Gasteiger partial charge is 0.508 e. The number of fused-ring (bicyclic) bond motifs is 1. The fraction of sp³-hybridized carbons (Fsp3) is 0.308. The van der Waals surface area contributed by atoms with Gasteiger partial charge >= 0.3 is 5.97 Å². The summed E-state index contributed by atoms with van der Waals surface area (Å²) in [6, 6.07) is 8.31. The number of hydrogen-bond donors (Lipinski definition) is 9. The zero-order valence-corrected chi connectivity index (χ0v) is 21.7. The van der Waals surface area contributed by atoms with Gasteiger partial charge in [0.15, 0.2) is 0 Å². The van der Waals surface area contributed by atoms with E-state index in [0.717, 1.165) is 10.9 Å². The van der Waals surface area contributed by atoms with Crippen LogP contribution in [0.15, 0.2) is 54.7 Å². The number of para-hydroxylation sites is 1. The van der Waals surface area contributed by atoms with Crippen LogP contribution in [0.5, 0.6) is 5.75 Å². The van der Waals surface area contributed by atoms with Crippen molar-refractivity contribution in [1.29, 1.82) is 0 Å². The number of rotatable bonds is 13. The molecule has 0 aliphatic rings. The summed E-state index contributed by atoms with van der Waals surface area (Å²) >= 11 is 3.96. The first-order valence-electron chi connectivity index (χ1n) is 12.1. The number of carbonyl (C=O) groups is 4. The third kappa shape index (κ3) is 7.96. The van der Waals surface area contributed by atoms with Gasteiger partial charge in [-0.05, 0) is 29.3 Å². The molecule has 0 saturated heterocycles. The maximum absolute atomic E-state index is 13.5. The Morgan fingerprint density at radius 1 is 0.872 bits per heavy atom. The number of aliphatic hydroxyl groups is 1. The lowest BCUT2D eigenvalue weighted by Gasteiger charge is -2.25. The summed E-state index contributed by atoms with van der Waals surface area (Å²) in [5.41, 5.74) is 7.75. The fourth-order valence-electron chi connectivity index (χ4n) is 3.90. The van der Waals surface area contributed by atoms with Crippen molar-refractivity contribution in [2.45, 2.75) is 37.0 Å². The van der Waals surface area contributed by atoms with Gasteiger partial charge in [0.25, 0.3) is 0 Å². The number of aromatic hydroxyl groups is 1. The number of nitrogens with one attached hydrogen (secondary N) is 4. The summed E-state index contributed by atoms with van der Waals surface area (Å²) < 4.78 is 0. The molecule has 1 aromatic heterocycles. The smallest absolute Gasteiger partial charge is 0.327 e. The highest BCUT2D eigenvalue weighted by Gasteiger charge is 2.31. The predicted molar refractivity (Wildman–Crippen MR) is 146 cm³/mol. The molecule has 0 aliphatic carbocycles. The summed E-state index contributed by atoms with van der Waals surface area (Å²) in [4.78, 5) is 53.7. The van der Waals surface area contributed by atoms with E-state index >= 15 is 0 Å². The minimum absolute atomic E-state index is 0.00605. The normalized spacial score (nSPS) is 14.1. The Morgan fingerprint density at radius 3 is 2.08 bits per heavy atom. The van der Waals surface area contributed by atoms with Crippen molar-refractivity contribution in [3.8, 4) is 5.75 Å². The van der Waals surface area contributed by atoms with E-state index in [1.165, 1.54) is 12.1 Å². The Labute approximate surface area is 229 Å². The molecule has 0 bridgehead atoms. The van der Waals surface area contributed by atoms with E-state index in [0.29, 0.717) is 11.1 Å². The topological polar surface area (TPSA) is 207 Å². The number of phenols is 1. The molecule has 9 N–H and O–H groups in total. The van der Waals surface area contributed by atoms with Gasteiger partial charge in [-0.15, -0.1) is 0 Å². The molecule has 0 aliphatic heterocycles. The molecule has 12 nitrogen and oxygen atoms in total. The number of phenolic OH excluding ortho intramolecular Hbond substituents is 1. The number of aliphatic carboxylic acids is 1. The van der Waals surface area contributed by atoms with E-state index in [9.17, 15) is 34.5 Å². The summed E-state index contributed by atoms with van der Waals surface area (Å²) in [6.07, 6.45) is 1.69. The van der Waals surface area contributed by atoms with Crippen molar-refractivity contribution in [1.82, 2.24) is 20.9 Å². The Morgan fingerprint density at radius 2 is 1.46 bits per heavy atom. The average Bonchev–Trinajstić information content (AvgIpc) is 3.33. The van der Waals surface area contributed by atoms with E-state index < -0.39 is 54.5 Å². The quantitative estimate of drug-likeness (QED) is 0.124. The van der Waals surface area contributed by atoms with Crippen molar-refractivity contribution in [2.75, 3.05) is 12.4 Å². The average molecular weight is 558 g/mol. The first-order chi connectivity index (χ1) is 18.6. The highest BCUT2D eigenvalue weighted by Crippen LogP contribution is 2.19. The molecule has 39 heavy (non-hydrogen) atoms. The molecule has 3 rings (SSSR count). The fourth-order valence-corrected chi connectivity index (χ4v) is 4.15. The van der Waals surface area contributed by atoms with Crippen molar-refractivity contribution >= 4 is 47.2 Å². The van der Waals surface area contributed by atoms with Gasteiger partial charge in [0, 0.05) is 35.7 Å². The number of aliphatic hydroxyl groups excluding tert-OH is 1. The molecular formula is C26H31N5O7S. The lowest BCUT2D eigenvalue weighted by atomic mass is 10.0. The number of benzene rings is 2. The highest BCUT2D eigenvalue weighted by molar-refractivity contribution is 7.80. The molecule has 0 spiro atoms. The minimum atomic E-state index is -1.30. The zero-order chi connectivity index (χ0) is 28.5. The number of amides is 3. The lowest BCUT2D eigenvalue weighted by molar-refractivity contribution is -0.141. The first-order valence-corrected chi connectivity index (χ1v) is 12.7. The zero-order valence-electron chi connectivity index (χ0n) is 20.8. The molecule has 13 heteroatoms. The second-order valence-corrected chi connectivity index (χ2v) is 9.29. The number of carbonyl (C=O) groups excluding carboxylic acids is 3. The van der Waals surface area contributed by atoms with E-state index in [-0.39, 0.29) is 24.3 Å². The molecule has 2 aromatic carbocycles. The van der Waals surface area contributed by atoms with Crippen LogP contribution in [0, 0.1) is 0 Å². The van der Waals surface area contributed by atoms with Crippen LogP contribution >= 0.6 is 12.6 Å². The van der Waals surface area contributed by atoms with Gasteiger partial charge in [-0.1, -0.05) is 30.3 Å². The van der Waals surface area contributed by atoms with Crippen molar-refractivity contribution in [3.05, 3.63) is 65.9 Å². The standard InChI is InChI=1S/C26H31N5O7S/c27-18(12-32)23(34)29-21(10-15-11-28-19-4-2-1-3-17(15)19)25(36)30-20(9-14-5-7-16(33)8-6-14)24(35)31-22(13-39)26(37)38/h1-8,11,18,20-22,28,32-33,39H,9-10,12-13,27H2,(H,29,34)(H,30,36)(H,31,35)(H,37,38). The Hall–Kier alpha value is -4.07. The summed E-state index contributed by atoms with van der Waals surface area (Å²) in [7, 11) is 0. The Bertz CT molecular complexity index is 1310. The molecule has 1 heterocycles. The van der Waals surface area contributed by atoms with Crippen LogP contribution < -0.4 is 21.7 Å². The second kappa shape index (κ2) is 13.6. The van der Waals surface area contributed by atoms with E-state index in [4.69, 9.17) is 5.73 Å². The number of hydrogen-bond acceptors (Lipinski definition) is 8. The predicted octanol–water partition coefficient (Wildman–Crippen LogP) is -0.553. The lowest BCUT2D eigenvalue weighted by Crippen LogP contribution is -2.58. The van der Waals surface area contributed by atoms with Crippen LogP contribution in [0.3, 0.4) is 0 Å². The van der Waals surface area contributed by atoms with Crippen molar-refractivity contribution < 1.29 is 34.5 Å². The number of nitrogens with two attached hydrogens (primary N) is 1. The second-order valence-electron chi connectivity index (χ2n) is 8.93. The van der Waals surface area contributed by atoms with Crippen LogP contribution in [-0.2, 0) is 32.0 Å². The van der Waals surface area contributed by atoms with Gasteiger partial charge in [0.1, 0.15) is 29.9 Å². The molecule has 4 atom stereocenters. The van der Waals surface area contributed by atoms with Crippen molar-refractivity contribution in [2.24, 2.45) is 5.73 Å². The Balaban J connectivity index is 1.88. The van der Waals surface area contributed by atoms with Crippen LogP contribution in [0.2, 0.25) is 0 Å². The number of aromatic amines is 1. The number of aromatic nitrogens is 1. The van der Waals surface area contributed by atoms with Crippen LogP contribution in [-0.4, -0.2) is 80.5 Å². The van der Waals surface area contributed by atoms with Gasteiger partial charge in [0.2, 0.25) is 17.7 Å². The number of H-pyrrole nitrogens is 1. The van der Waals surface area contributed by atoms with Gasteiger partial charge in [0.05, 0.1) is 6.61 Å². The van der Waals surface area contributed by atoms with E-state index in [1.807, 2.05) is 24.3 Å². The summed E-state index contributed by atoms with van der Waals surface area (Å²) in [5, 5.41) is 36.5. The number of carboxylic acid groups (broad SMARTS) is 1. The molecule has 3 aromatic rings. The summed E-state index contributed by atoms with van der Waals surface area (Å²) in [6.45, 7) is -0.639. The van der Waals surface area contributed by atoms with Crippen molar-refractivity contribution in [3.63, 3.8) is 0 Å². The molecule has 0 radical (unpaired) electrons. The maximum Gasteiger partial charge on any atom is 0.327 e.